The summed E-state index contributed by atoms with van der Waals surface area (Å²) in [4.78, 5) is 10.8. The summed E-state index contributed by atoms with van der Waals surface area (Å²) in [6.45, 7) is 1.84. The zero-order valence-electron chi connectivity index (χ0n) is 11.4. The molecule has 2 aliphatic carbocycles. The van der Waals surface area contributed by atoms with Gasteiger partial charge in [0.05, 0.1) is 0 Å². The molecule has 0 radical (unpaired) electrons. The predicted molar refractivity (Wildman–Crippen MR) is 80.6 cm³/mol. The van der Waals surface area contributed by atoms with E-state index in [9.17, 15) is 9.90 Å². The van der Waals surface area contributed by atoms with Gasteiger partial charge in [-0.3, -0.25) is 4.79 Å². The lowest BCUT2D eigenvalue weighted by atomic mass is 9.69. The Morgan fingerprint density at radius 3 is 2.71 bits per heavy atom. The summed E-state index contributed by atoms with van der Waals surface area (Å²) in [5.41, 5.74) is -1.76. The van der Waals surface area contributed by atoms with E-state index in [1.807, 2.05) is 19.1 Å². The highest BCUT2D eigenvalue weighted by Crippen LogP contribution is 2.52. The molecule has 0 aromatic heterocycles. The molecule has 5 nitrogen and oxygen atoms in total. The average Bonchev–Trinajstić information content (AvgIpc) is 3.03. The van der Waals surface area contributed by atoms with Crippen LogP contribution in [0.4, 0.5) is 0 Å². The van der Waals surface area contributed by atoms with Crippen molar-refractivity contribution in [3.05, 3.63) is 24.3 Å². The van der Waals surface area contributed by atoms with Gasteiger partial charge >= 0.3 is 5.91 Å². The lowest BCUT2D eigenvalue weighted by molar-refractivity contribution is -0.113. The maximum atomic E-state index is 11.9. The van der Waals surface area contributed by atoms with Gasteiger partial charge in [0.1, 0.15) is 10.5 Å². The van der Waals surface area contributed by atoms with Gasteiger partial charge in [-0.1, -0.05) is 36.3 Å². The summed E-state index contributed by atoms with van der Waals surface area (Å²) in [6.07, 6.45) is 8.33. The van der Waals surface area contributed by atoms with Crippen LogP contribution in [-0.4, -0.2) is 32.6 Å². The van der Waals surface area contributed by atoms with Crippen LogP contribution in [0, 0.1) is 11.8 Å². The smallest absolute Gasteiger partial charge is 0.316 e. The second-order valence-corrected chi connectivity index (χ2v) is 7.00. The van der Waals surface area contributed by atoms with E-state index in [0.717, 1.165) is 6.42 Å². The molecule has 21 heavy (non-hydrogen) atoms. The minimum absolute atomic E-state index is 0.0131. The second kappa shape index (κ2) is 5.00. The van der Waals surface area contributed by atoms with Crippen LogP contribution in [0.25, 0.3) is 0 Å². The van der Waals surface area contributed by atoms with Crippen LogP contribution < -0.4 is 0 Å². The lowest BCUT2D eigenvalue weighted by Gasteiger charge is -2.44. The molecule has 1 heterocycles. The first-order valence-corrected chi connectivity index (χ1v) is 7.65. The Hall–Kier alpha value is -1.04. The Morgan fingerprint density at radius 2 is 2.24 bits per heavy atom. The van der Waals surface area contributed by atoms with E-state index in [1.54, 1.807) is 12.2 Å². The van der Waals surface area contributed by atoms with Crippen molar-refractivity contribution in [2.75, 3.05) is 0 Å². The molecule has 1 saturated carbocycles. The fourth-order valence-electron chi connectivity index (χ4n) is 3.11. The molecule has 0 aromatic carbocycles. The van der Waals surface area contributed by atoms with Crippen LogP contribution >= 0.6 is 23.2 Å². The van der Waals surface area contributed by atoms with Gasteiger partial charge in [0.15, 0.2) is 5.71 Å². The summed E-state index contributed by atoms with van der Waals surface area (Å²) in [5, 5.41) is 21.9. The molecule has 5 unspecified atom stereocenters. The number of hydrogen-bond donors (Lipinski definition) is 1. The molecule has 0 bridgehead atoms. The number of nitrogens with zero attached hydrogens (tertiary/aromatic N) is 3. The highest BCUT2D eigenvalue weighted by atomic mass is 35.5. The van der Waals surface area contributed by atoms with Gasteiger partial charge < -0.3 is 5.11 Å². The minimum Gasteiger partial charge on any atom is -0.381 e. The van der Waals surface area contributed by atoms with Crippen molar-refractivity contribution in [3.63, 3.8) is 0 Å². The second-order valence-electron chi connectivity index (χ2n) is 5.77. The first kappa shape index (κ1) is 14.9. The molecule has 1 amide bonds. The van der Waals surface area contributed by atoms with Gasteiger partial charge in [0.25, 0.3) is 0 Å². The number of rotatable bonds is 4. The van der Waals surface area contributed by atoms with Crippen molar-refractivity contribution in [1.82, 2.24) is 0 Å². The van der Waals surface area contributed by atoms with Crippen LogP contribution in [0.2, 0.25) is 0 Å². The van der Waals surface area contributed by atoms with E-state index in [-0.39, 0.29) is 22.9 Å². The zero-order valence-corrected chi connectivity index (χ0v) is 12.9. The van der Waals surface area contributed by atoms with Crippen LogP contribution in [-0.2, 0) is 4.79 Å². The van der Waals surface area contributed by atoms with Gasteiger partial charge in [-0.2, -0.15) is 0 Å². The lowest BCUT2D eigenvalue weighted by Crippen LogP contribution is -2.61. The quantitative estimate of drug-likeness (QED) is 0.806. The SMILES string of the molecule is CC(C1CC1Cl)C(O)(C1=NN=NC1=O)C1(Cl)C=CC=CC1. The van der Waals surface area contributed by atoms with Crippen molar-refractivity contribution >= 4 is 34.8 Å². The van der Waals surface area contributed by atoms with Crippen molar-refractivity contribution in [2.45, 2.75) is 35.6 Å². The molecule has 5 atom stereocenters. The van der Waals surface area contributed by atoms with E-state index < -0.39 is 16.4 Å². The molecule has 0 aromatic rings. The van der Waals surface area contributed by atoms with Crippen molar-refractivity contribution < 1.29 is 9.90 Å². The molecular weight excluding hydrogens is 313 g/mol. The maximum absolute atomic E-state index is 11.9. The number of amides is 1. The molecule has 3 aliphatic rings. The topological polar surface area (TPSA) is 74.4 Å². The van der Waals surface area contributed by atoms with Crippen molar-refractivity contribution in [2.24, 2.45) is 27.3 Å². The summed E-state index contributed by atoms with van der Waals surface area (Å²) < 4.78 is 0. The van der Waals surface area contributed by atoms with Crippen molar-refractivity contribution in [3.8, 4) is 0 Å². The zero-order chi connectivity index (χ0) is 15.3. The van der Waals surface area contributed by atoms with E-state index in [2.05, 4.69) is 15.4 Å². The standard InChI is InChI=1S/C14H15Cl2N3O2/c1-8(9-7-10(9)15)14(21,11-12(20)18-19-17-11)13(16)5-3-2-4-6-13/h2-5,8-10,21H,6-7H2,1H3. The van der Waals surface area contributed by atoms with Gasteiger partial charge in [-0.15, -0.1) is 28.3 Å². The van der Waals surface area contributed by atoms with Gasteiger partial charge in [-0.25, -0.2) is 0 Å². The van der Waals surface area contributed by atoms with E-state index in [1.165, 1.54) is 0 Å². The van der Waals surface area contributed by atoms with Crippen LogP contribution in [0.3, 0.4) is 0 Å². The minimum atomic E-state index is -1.66. The number of allylic oxidation sites excluding steroid dienone is 3. The Kier molecular flexibility index (Phi) is 3.55. The number of carbonyl (C=O) groups is 1. The van der Waals surface area contributed by atoms with E-state index >= 15 is 0 Å². The number of halogens is 2. The van der Waals surface area contributed by atoms with E-state index in [4.69, 9.17) is 23.2 Å². The Balaban J connectivity index is 2.04. The molecule has 0 spiro atoms. The molecule has 3 rings (SSSR count). The fraction of sp³-hybridized carbons (Fsp3) is 0.571. The number of carbonyl (C=O) groups excluding carboxylic acids is 1. The number of hydrogen-bond acceptors (Lipinski definition) is 4. The Labute approximate surface area is 132 Å². The normalized spacial score (nSPS) is 38.3. The molecule has 0 saturated heterocycles. The predicted octanol–water partition coefficient (Wildman–Crippen LogP) is 2.82. The molecule has 1 N–H and O–H groups in total. The first-order valence-electron chi connectivity index (χ1n) is 6.83. The van der Waals surface area contributed by atoms with Crippen LogP contribution in [0.1, 0.15) is 19.8 Å². The molecular formula is C14H15Cl2N3O2. The Bertz CT molecular complexity index is 601. The number of aliphatic hydroxyl groups is 1. The summed E-state index contributed by atoms with van der Waals surface area (Å²) in [5.74, 6) is -0.887. The van der Waals surface area contributed by atoms with Crippen molar-refractivity contribution in [1.29, 1.82) is 0 Å². The largest absolute Gasteiger partial charge is 0.381 e. The first-order chi connectivity index (χ1) is 9.90. The van der Waals surface area contributed by atoms with Crippen LogP contribution in [0.15, 0.2) is 39.7 Å². The fourth-order valence-corrected chi connectivity index (χ4v) is 3.96. The number of alkyl halides is 2. The summed E-state index contributed by atoms with van der Waals surface area (Å²) >= 11 is 12.8. The highest BCUT2D eigenvalue weighted by molar-refractivity contribution is 6.46. The molecule has 7 heteroatoms. The third-order valence-electron chi connectivity index (χ3n) is 4.56. The maximum Gasteiger partial charge on any atom is 0.316 e. The van der Waals surface area contributed by atoms with Crippen LogP contribution in [0.5, 0.6) is 0 Å². The summed E-state index contributed by atoms with van der Waals surface area (Å²) in [6, 6.07) is 0. The average molecular weight is 328 g/mol. The Morgan fingerprint density at radius 1 is 1.52 bits per heavy atom. The molecule has 112 valence electrons. The molecule has 1 fully saturated rings. The van der Waals surface area contributed by atoms with Gasteiger partial charge in [-0.05, 0) is 29.9 Å². The third-order valence-corrected chi connectivity index (χ3v) is 5.63. The highest BCUT2D eigenvalue weighted by Gasteiger charge is 2.62. The van der Waals surface area contributed by atoms with Gasteiger partial charge in [0, 0.05) is 5.38 Å². The molecule has 1 aliphatic heterocycles. The summed E-state index contributed by atoms with van der Waals surface area (Å²) in [7, 11) is 0. The monoisotopic (exact) mass is 327 g/mol. The van der Waals surface area contributed by atoms with Gasteiger partial charge in [0.2, 0.25) is 0 Å². The third kappa shape index (κ3) is 2.18. The van der Waals surface area contributed by atoms with E-state index in [0.29, 0.717) is 6.42 Å².